The number of hydrogen-bond donors (Lipinski definition) is 2. The third-order valence-corrected chi connectivity index (χ3v) is 3.61. The van der Waals surface area contributed by atoms with Crippen molar-refractivity contribution in [3.8, 4) is 5.75 Å². The molecule has 126 valence electrons. The summed E-state index contributed by atoms with van der Waals surface area (Å²) in [4.78, 5) is 23.1. The Morgan fingerprint density at radius 2 is 1.71 bits per heavy atom. The molecule has 2 N–H and O–H groups in total. The fourth-order valence-corrected chi connectivity index (χ4v) is 2.20. The lowest BCUT2D eigenvalue weighted by Gasteiger charge is -2.15. The molecule has 1 atom stereocenters. The summed E-state index contributed by atoms with van der Waals surface area (Å²) in [5.41, 5.74) is 1.63. The van der Waals surface area contributed by atoms with Gasteiger partial charge in [-0.3, -0.25) is 9.59 Å². The molecule has 5 heteroatoms. The predicted molar refractivity (Wildman–Crippen MR) is 92.9 cm³/mol. The number of carbonyl (C=O) groups is 2. The van der Waals surface area contributed by atoms with E-state index in [4.69, 9.17) is 4.74 Å². The zero-order chi connectivity index (χ0) is 17.4. The minimum absolute atomic E-state index is 0.0709. The van der Waals surface area contributed by atoms with Gasteiger partial charge in [0, 0.05) is 25.6 Å². The van der Waals surface area contributed by atoms with E-state index in [9.17, 15) is 9.59 Å². The van der Waals surface area contributed by atoms with E-state index in [2.05, 4.69) is 10.6 Å². The average molecular weight is 326 g/mol. The Labute approximate surface area is 142 Å². The lowest BCUT2D eigenvalue weighted by Crippen LogP contribution is -2.29. The lowest BCUT2D eigenvalue weighted by molar-refractivity contribution is -0.120. The maximum atomic E-state index is 12.0. The first-order chi connectivity index (χ1) is 11.6. The van der Waals surface area contributed by atoms with Crippen molar-refractivity contribution in [3.63, 3.8) is 0 Å². The van der Waals surface area contributed by atoms with E-state index in [-0.39, 0.29) is 24.3 Å². The van der Waals surface area contributed by atoms with Gasteiger partial charge in [0.05, 0.1) is 0 Å². The Bertz CT molecular complexity index is 669. The molecule has 0 saturated heterocycles. The van der Waals surface area contributed by atoms with Crippen molar-refractivity contribution in [1.29, 1.82) is 0 Å². The van der Waals surface area contributed by atoms with Gasteiger partial charge < -0.3 is 15.4 Å². The van der Waals surface area contributed by atoms with Crippen LogP contribution < -0.4 is 15.4 Å². The van der Waals surface area contributed by atoms with Crippen LogP contribution >= 0.6 is 0 Å². The zero-order valence-electron chi connectivity index (χ0n) is 13.9. The van der Waals surface area contributed by atoms with Crippen LogP contribution in [0.3, 0.4) is 0 Å². The molecule has 2 aromatic carbocycles. The molecule has 0 unspecified atom stereocenters. The number of benzene rings is 2. The summed E-state index contributed by atoms with van der Waals surface area (Å²) in [6, 6.07) is 16.9. The van der Waals surface area contributed by atoms with Crippen LogP contribution in [-0.4, -0.2) is 25.4 Å². The predicted octanol–water partition coefficient (Wildman–Crippen LogP) is 2.69. The van der Waals surface area contributed by atoms with E-state index in [1.807, 2.05) is 37.3 Å². The normalized spacial score (nSPS) is 11.4. The number of rotatable bonds is 7. The van der Waals surface area contributed by atoms with Crippen LogP contribution in [-0.2, 0) is 4.79 Å². The molecule has 0 fully saturated rings. The fraction of sp³-hybridized carbons (Fsp3) is 0.263. The minimum atomic E-state index is -0.207. The highest BCUT2D eigenvalue weighted by molar-refractivity contribution is 5.94. The van der Waals surface area contributed by atoms with Crippen LogP contribution in [0.15, 0.2) is 54.6 Å². The smallest absolute Gasteiger partial charge is 0.251 e. The van der Waals surface area contributed by atoms with Gasteiger partial charge >= 0.3 is 0 Å². The van der Waals surface area contributed by atoms with Crippen molar-refractivity contribution in [2.75, 3.05) is 13.6 Å². The van der Waals surface area contributed by atoms with Crippen molar-refractivity contribution < 1.29 is 14.3 Å². The Balaban J connectivity index is 1.88. The summed E-state index contributed by atoms with van der Waals surface area (Å²) in [7, 11) is 1.57. The van der Waals surface area contributed by atoms with Crippen molar-refractivity contribution in [3.05, 3.63) is 65.7 Å². The van der Waals surface area contributed by atoms with Gasteiger partial charge in [0.2, 0.25) is 5.91 Å². The standard InChI is InChI=1S/C19H22N2O3/c1-14(15-6-4-3-5-7-15)24-17-10-8-16(9-11-17)19(23)21-13-12-18(22)20-2/h3-11,14H,12-13H2,1-2H3,(H,20,22)(H,21,23)/t14-/m1/s1. The molecular weight excluding hydrogens is 304 g/mol. The second-order valence-corrected chi connectivity index (χ2v) is 5.37. The first-order valence-electron chi connectivity index (χ1n) is 7.90. The Kier molecular flexibility index (Phi) is 6.37. The van der Waals surface area contributed by atoms with E-state index in [1.54, 1.807) is 31.3 Å². The quantitative estimate of drug-likeness (QED) is 0.822. The van der Waals surface area contributed by atoms with E-state index < -0.39 is 0 Å². The van der Waals surface area contributed by atoms with Gasteiger partial charge in [-0.2, -0.15) is 0 Å². The molecule has 24 heavy (non-hydrogen) atoms. The molecule has 0 saturated carbocycles. The van der Waals surface area contributed by atoms with Gasteiger partial charge in [-0.25, -0.2) is 0 Å². The molecular formula is C19H22N2O3. The topological polar surface area (TPSA) is 67.4 Å². The third-order valence-electron chi connectivity index (χ3n) is 3.61. The molecule has 5 nitrogen and oxygen atoms in total. The van der Waals surface area contributed by atoms with Crippen LogP contribution in [0, 0.1) is 0 Å². The number of amides is 2. The van der Waals surface area contributed by atoms with Crippen LogP contribution in [0.1, 0.15) is 35.4 Å². The Morgan fingerprint density at radius 1 is 1.04 bits per heavy atom. The zero-order valence-corrected chi connectivity index (χ0v) is 13.9. The van der Waals surface area contributed by atoms with Crippen molar-refractivity contribution in [2.45, 2.75) is 19.4 Å². The highest BCUT2D eigenvalue weighted by atomic mass is 16.5. The van der Waals surface area contributed by atoms with Crippen LogP contribution in [0.4, 0.5) is 0 Å². The minimum Gasteiger partial charge on any atom is -0.486 e. The highest BCUT2D eigenvalue weighted by Gasteiger charge is 2.09. The van der Waals surface area contributed by atoms with Gasteiger partial charge in [0.1, 0.15) is 11.9 Å². The second kappa shape index (κ2) is 8.72. The number of hydrogen-bond acceptors (Lipinski definition) is 3. The maximum absolute atomic E-state index is 12.0. The van der Waals surface area contributed by atoms with Gasteiger partial charge in [-0.15, -0.1) is 0 Å². The highest BCUT2D eigenvalue weighted by Crippen LogP contribution is 2.21. The summed E-state index contributed by atoms with van der Waals surface area (Å²) in [5, 5.41) is 5.22. The second-order valence-electron chi connectivity index (χ2n) is 5.37. The molecule has 0 aliphatic carbocycles. The first-order valence-corrected chi connectivity index (χ1v) is 7.90. The molecule has 0 aromatic heterocycles. The maximum Gasteiger partial charge on any atom is 0.251 e. The summed E-state index contributed by atoms with van der Waals surface area (Å²) < 4.78 is 5.88. The van der Waals surface area contributed by atoms with Crippen LogP contribution in [0.25, 0.3) is 0 Å². The molecule has 0 aliphatic heterocycles. The van der Waals surface area contributed by atoms with Crippen molar-refractivity contribution >= 4 is 11.8 Å². The van der Waals surface area contributed by atoms with E-state index in [1.165, 1.54) is 0 Å². The van der Waals surface area contributed by atoms with Crippen LogP contribution in [0.5, 0.6) is 5.75 Å². The Morgan fingerprint density at radius 3 is 2.33 bits per heavy atom. The Hall–Kier alpha value is -2.82. The molecule has 0 aliphatic rings. The lowest BCUT2D eigenvalue weighted by atomic mass is 10.1. The molecule has 0 bridgehead atoms. The van der Waals surface area contributed by atoms with E-state index in [0.717, 1.165) is 5.56 Å². The average Bonchev–Trinajstić information content (AvgIpc) is 2.62. The number of carbonyl (C=O) groups excluding carboxylic acids is 2. The summed E-state index contributed by atoms with van der Waals surface area (Å²) >= 11 is 0. The molecule has 2 amide bonds. The largest absolute Gasteiger partial charge is 0.486 e. The molecule has 2 rings (SSSR count). The summed E-state index contributed by atoms with van der Waals surface area (Å²) in [6.07, 6.45) is 0.191. The van der Waals surface area contributed by atoms with Crippen molar-refractivity contribution in [2.24, 2.45) is 0 Å². The van der Waals surface area contributed by atoms with Crippen molar-refractivity contribution in [1.82, 2.24) is 10.6 Å². The molecule has 2 aromatic rings. The van der Waals surface area contributed by atoms with Crippen LogP contribution in [0.2, 0.25) is 0 Å². The molecule has 0 heterocycles. The van der Waals surface area contributed by atoms with Gasteiger partial charge in [0.25, 0.3) is 5.91 Å². The van der Waals surface area contributed by atoms with E-state index in [0.29, 0.717) is 17.9 Å². The summed E-state index contributed by atoms with van der Waals surface area (Å²) in [6.45, 7) is 2.29. The van der Waals surface area contributed by atoms with Gasteiger partial charge in [-0.1, -0.05) is 30.3 Å². The molecule has 0 radical (unpaired) electrons. The van der Waals surface area contributed by atoms with Gasteiger partial charge in [0.15, 0.2) is 0 Å². The van der Waals surface area contributed by atoms with E-state index >= 15 is 0 Å². The monoisotopic (exact) mass is 326 g/mol. The first kappa shape index (κ1) is 17.5. The number of ether oxygens (including phenoxy) is 1. The number of nitrogens with one attached hydrogen (secondary N) is 2. The fourth-order valence-electron chi connectivity index (χ4n) is 2.20. The third kappa shape index (κ3) is 5.12. The SMILES string of the molecule is CNC(=O)CCNC(=O)c1ccc(O[C@H](C)c2ccccc2)cc1. The summed E-state index contributed by atoms with van der Waals surface area (Å²) in [5.74, 6) is 0.392. The molecule has 0 spiro atoms. The van der Waals surface area contributed by atoms with Gasteiger partial charge in [-0.05, 0) is 36.8 Å².